The predicted molar refractivity (Wildman–Crippen MR) is 133 cm³/mol. The van der Waals surface area contributed by atoms with E-state index in [0.717, 1.165) is 19.8 Å². The molecule has 0 amide bonds. The smallest absolute Gasteiger partial charge is 0.267 e. The van der Waals surface area contributed by atoms with Crippen molar-refractivity contribution < 1.29 is 0 Å². The highest BCUT2D eigenvalue weighted by Gasteiger charge is 2.14. The molecule has 7 heteroatoms. The summed E-state index contributed by atoms with van der Waals surface area (Å²) in [5.74, 6) is 0.662. The maximum absolute atomic E-state index is 13.2. The monoisotopic (exact) mass is 511 g/mol. The van der Waals surface area contributed by atoms with Crippen molar-refractivity contribution in [2.45, 2.75) is 29.6 Å². The SMILES string of the molecule is CC(C)c1nc2ccc(Br)cc2c(=O)n1N=Cc1ccccc1Sc1ccc(Cl)cc1. The van der Waals surface area contributed by atoms with Crippen LogP contribution >= 0.6 is 39.3 Å². The van der Waals surface area contributed by atoms with Crippen LogP contribution in [0.4, 0.5) is 0 Å². The minimum Gasteiger partial charge on any atom is -0.267 e. The molecule has 0 bridgehead atoms. The molecule has 0 unspecified atom stereocenters. The van der Waals surface area contributed by atoms with E-state index in [1.165, 1.54) is 4.68 Å². The first kappa shape index (κ1) is 21.8. The van der Waals surface area contributed by atoms with Crippen molar-refractivity contribution in [1.29, 1.82) is 0 Å². The Morgan fingerprint density at radius 1 is 1.10 bits per heavy atom. The second kappa shape index (κ2) is 9.39. The van der Waals surface area contributed by atoms with Crippen molar-refractivity contribution in [3.8, 4) is 0 Å². The van der Waals surface area contributed by atoms with Crippen molar-refractivity contribution in [2.24, 2.45) is 5.10 Å². The van der Waals surface area contributed by atoms with E-state index in [1.54, 1.807) is 24.0 Å². The molecule has 4 aromatic rings. The van der Waals surface area contributed by atoms with Crippen LogP contribution in [0, 0.1) is 0 Å². The number of benzene rings is 3. The number of aromatic nitrogens is 2. The standard InChI is InChI=1S/C24H19BrClN3OS/c1-15(2)23-28-21-12-7-17(25)13-20(21)24(30)29(23)27-14-16-5-3-4-6-22(16)31-19-10-8-18(26)9-11-19/h3-15H,1-2H3. The van der Waals surface area contributed by atoms with Gasteiger partial charge in [-0.3, -0.25) is 4.79 Å². The Balaban J connectivity index is 1.77. The van der Waals surface area contributed by atoms with Gasteiger partial charge < -0.3 is 0 Å². The van der Waals surface area contributed by atoms with Gasteiger partial charge in [0.1, 0.15) is 5.82 Å². The summed E-state index contributed by atoms with van der Waals surface area (Å²) in [5, 5.41) is 5.79. The predicted octanol–water partition coefficient (Wildman–Crippen LogP) is 6.97. The van der Waals surface area contributed by atoms with Gasteiger partial charge in [0.25, 0.3) is 5.56 Å². The van der Waals surface area contributed by atoms with Gasteiger partial charge in [-0.05, 0) is 48.5 Å². The maximum atomic E-state index is 13.2. The van der Waals surface area contributed by atoms with Crippen LogP contribution in [0.3, 0.4) is 0 Å². The average molecular weight is 513 g/mol. The molecule has 4 nitrogen and oxygen atoms in total. The molecular formula is C24H19BrClN3OS. The van der Waals surface area contributed by atoms with E-state index in [1.807, 2.05) is 74.5 Å². The average Bonchev–Trinajstić information content (AvgIpc) is 2.76. The summed E-state index contributed by atoms with van der Waals surface area (Å²) in [6.45, 7) is 4.01. The lowest BCUT2D eigenvalue weighted by Crippen LogP contribution is -2.23. The number of hydrogen-bond acceptors (Lipinski definition) is 4. The molecule has 0 aliphatic carbocycles. The van der Waals surface area contributed by atoms with Gasteiger partial charge in [-0.25, -0.2) is 4.98 Å². The molecule has 0 radical (unpaired) electrons. The lowest BCUT2D eigenvalue weighted by molar-refractivity contribution is 0.665. The Hall–Kier alpha value is -2.41. The van der Waals surface area contributed by atoms with Crippen LogP contribution in [-0.4, -0.2) is 15.9 Å². The van der Waals surface area contributed by atoms with E-state index in [-0.39, 0.29) is 11.5 Å². The van der Waals surface area contributed by atoms with Gasteiger partial charge in [-0.2, -0.15) is 9.78 Å². The Bertz CT molecular complexity index is 1330. The Kier molecular flexibility index (Phi) is 6.60. The zero-order valence-corrected chi connectivity index (χ0v) is 20.1. The highest BCUT2D eigenvalue weighted by molar-refractivity contribution is 9.10. The molecule has 31 heavy (non-hydrogen) atoms. The van der Waals surface area contributed by atoms with E-state index < -0.39 is 0 Å². The second-order valence-electron chi connectivity index (χ2n) is 7.24. The number of hydrogen-bond donors (Lipinski definition) is 0. The Labute approximate surface area is 198 Å². The molecule has 0 saturated carbocycles. The fourth-order valence-electron chi connectivity index (χ4n) is 3.08. The largest absolute Gasteiger partial charge is 0.282 e. The van der Waals surface area contributed by atoms with Crippen molar-refractivity contribution in [3.05, 3.63) is 98.0 Å². The van der Waals surface area contributed by atoms with E-state index >= 15 is 0 Å². The summed E-state index contributed by atoms with van der Waals surface area (Å²) < 4.78 is 2.24. The van der Waals surface area contributed by atoms with Crippen molar-refractivity contribution in [2.75, 3.05) is 0 Å². The van der Waals surface area contributed by atoms with Gasteiger partial charge in [-0.1, -0.05) is 71.3 Å². The molecule has 0 N–H and O–H groups in total. The maximum Gasteiger partial charge on any atom is 0.282 e. The first-order valence-corrected chi connectivity index (χ1v) is 11.7. The molecule has 156 valence electrons. The summed E-state index contributed by atoms with van der Waals surface area (Å²) in [6.07, 6.45) is 1.72. The first-order chi connectivity index (χ1) is 14.9. The number of nitrogens with zero attached hydrogens (tertiary/aromatic N) is 3. The minimum atomic E-state index is -0.186. The van der Waals surface area contributed by atoms with Crippen LogP contribution in [0.2, 0.25) is 5.02 Å². The van der Waals surface area contributed by atoms with Crippen LogP contribution in [0.1, 0.15) is 31.2 Å². The highest BCUT2D eigenvalue weighted by Crippen LogP contribution is 2.30. The van der Waals surface area contributed by atoms with Crippen LogP contribution in [-0.2, 0) is 0 Å². The van der Waals surface area contributed by atoms with Gasteiger partial charge in [-0.15, -0.1) is 0 Å². The summed E-state index contributed by atoms with van der Waals surface area (Å²) in [4.78, 5) is 20.0. The van der Waals surface area contributed by atoms with Gasteiger partial charge >= 0.3 is 0 Å². The molecule has 0 aliphatic rings. The molecule has 1 aromatic heterocycles. The summed E-state index contributed by atoms with van der Waals surface area (Å²) in [6, 6.07) is 21.2. The second-order valence-corrected chi connectivity index (χ2v) is 9.71. The fourth-order valence-corrected chi connectivity index (χ4v) is 4.48. The fraction of sp³-hybridized carbons (Fsp3) is 0.125. The third-order valence-electron chi connectivity index (χ3n) is 4.62. The highest BCUT2D eigenvalue weighted by atomic mass is 79.9. The Morgan fingerprint density at radius 2 is 1.84 bits per heavy atom. The quantitative estimate of drug-likeness (QED) is 0.271. The van der Waals surface area contributed by atoms with Crippen LogP contribution < -0.4 is 5.56 Å². The third-order valence-corrected chi connectivity index (χ3v) is 6.47. The molecular weight excluding hydrogens is 494 g/mol. The number of halogens is 2. The van der Waals surface area contributed by atoms with Gasteiger partial charge in [0.2, 0.25) is 0 Å². The summed E-state index contributed by atoms with van der Waals surface area (Å²) in [5.41, 5.74) is 1.40. The third kappa shape index (κ3) is 4.92. The van der Waals surface area contributed by atoms with Gasteiger partial charge in [0, 0.05) is 30.8 Å². The summed E-state index contributed by atoms with van der Waals surface area (Å²) >= 11 is 11.1. The summed E-state index contributed by atoms with van der Waals surface area (Å²) in [7, 11) is 0. The van der Waals surface area contributed by atoms with Crippen molar-refractivity contribution in [3.63, 3.8) is 0 Å². The molecule has 3 aromatic carbocycles. The molecule has 1 heterocycles. The van der Waals surface area contributed by atoms with E-state index in [2.05, 4.69) is 21.0 Å². The van der Waals surface area contributed by atoms with Gasteiger partial charge in [0.05, 0.1) is 17.1 Å². The topological polar surface area (TPSA) is 47.2 Å². The first-order valence-electron chi connectivity index (χ1n) is 9.71. The van der Waals surface area contributed by atoms with Crippen LogP contribution in [0.15, 0.2) is 90.9 Å². The van der Waals surface area contributed by atoms with E-state index in [4.69, 9.17) is 16.6 Å². The lowest BCUT2D eigenvalue weighted by atomic mass is 10.2. The van der Waals surface area contributed by atoms with Crippen LogP contribution in [0.5, 0.6) is 0 Å². The minimum absolute atomic E-state index is 0.0385. The lowest BCUT2D eigenvalue weighted by Gasteiger charge is -2.12. The van der Waals surface area contributed by atoms with Gasteiger partial charge in [0.15, 0.2) is 0 Å². The van der Waals surface area contributed by atoms with Crippen molar-refractivity contribution in [1.82, 2.24) is 9.66 Å². The Morgan fingerprint density at radius 3 is 2.58 bits per heavy atom. The molecule has 0 fully saturated rings. The van der Waals surface area contributed by atoms with E-state index in [9.17, 15) is 4.79 Å². The molecule has 0 atom stereocenters. The number of fused-ring (bicyclic) bond motifs is 1. The van der Waals surface area contributed by atoms with E-state index in [0.29, 0.717) is 21.7 Å². The zero-order chi connectivity index (χ0) is 22.0. The molecule has 0 saturated heterocycles. The molecule has 0 aliphatic heterocycles. The zero-order valence-electron chi connectivity index (χ0n) is 16.9. The van der Waals surface area contributed by atoms with Crippen LogP contribution in [0.25, 0.3) is 10.9 Å². The normalized spacial score (nSPS) is 11.6. The van der Waals surface area contributed by atoms with Crippen molar-refractivity contribution >= 4 is 56.4 Å². The number of rotatable bonds is 5. The molecule has 0 spiro atoms. The molecule has 4 rings (SSSR count).